The average Bonchev–Trinajstić information content (AvgIpc) is 2.69. The fraction of sp³-hybridized carbons (Fsp3) is 0.579. The Morgan fingerprint density at radius 2 is 1.72 bits per heavy atom. The second kappa shape index (κ2) is 11.1. The van der Waals surface area contributed by atoms with Gasteiger partial charge in [-0.2, -0.15) is 4.31 Å². The number of imide groups is 1. The molecule has 3 amide bonds. The van der Waals surface area contributed by atoms with E-state index < -0.39 is 22.0 Å². The molecule has 0 aromatic heterocycles. The minimum Gasteiger partial charge on any atom is -0.494 e. The number of rotatable bonds is 9. The van der Waals surface area contributed by atoms with Crippen LogP contribution in [0.3, 0.4) is 0 Å². The molecule has 0 spiro atoms. The first kappa shape index (κ1) is 23.1. The summed E-state index contributed by atoms with van der Waals surface area (Å²) >= 11 is 0. The number of hydrogen-bond acceptors (Lipinski definition) is 6. The molecule has 1 aromatic carbocycles. The number of sulfonamides is 1. The lowest BCUT2D eigenvalue weighted by molar-refractivity contribution is -0.121. The molecule has 162 valence electrons. The van der Waals surface area contributed by atoms with Crippen LogP contribution in [0.25, 0.3) is 0 Å². The highest BCUT2D eigenvalue weighted by Crippen LogP contribution is 2.20. The molecule has 0 atom stereocenters. The summed E-state index contributed by atoms with van der Waals surface area (Å²) in [6.45, 7) is 6.38. The summed E-state index contributed by atoms with van der Waals surface area (Å²) in [5, 5.41) is 4.92. The van der Waals surface area contributed by atoms with Gasteiger partial charge in [0.2, 0.25) is 15.9 Å². The molecular weight excluding hydrogens is 396 g/mol. The van der Waals surface area contributed by atoms with Crippen molar-refractivity contribution in [2.45, 2.75) is 31.6 Å². The number of unbranched alkanes of at least 4 members (excludes halogenated alkanes) is 1. The van der Waals surface area contributed by atoms with Crippen LogP contribution in [0.4, 0.5) is 4.79 Å². The third-order valence-electron chi connectivity index (χ3n) is 4.54. The van der Waals surface area contributed by atoms with Crippen molar-refractivity contribution in [3.05, 3.63) is 24.3 Å². The van der Waals surface area contributed by atoms with Crippen molar-refractivity contribution < 1.29 is 22.7 Å². The Bertz CT molecular complexity index is 774. The minimum absolute atomic E-state index is 0.0537. The molecule has 0 aliphatic carbocycles. The number of urea groups is 1. The summed E-state index contributed by atoms with van der Waals surface area (Å²) in [6.07, 6.45) is 1.81. The van der Waals surface area contributed by atoms with Gasteiger partial charge in [0.1, 0.15) is 5.75 Å². The van der Waals surface area contributed by atoms with Gasteiger partial charge < -0.3 is 10.1 Å². The van der Waals surface area contributed by atoms with Crippen molar-refractivity contribution in [1.29, 1.82) is 0 Å². The van der Waals surface area contributed by atoms with Crippen molar-refractivity contribution >= 4 is 22.0 Å². The van der Waals surface area contributed by atoms with Crippen LogP contribution >= 0.6 is 0 Å². The zero-order valence-corrected chi connectivity index (χ0v) is 17.8. The Labute approximate surface area is 172 Å². The smallest absolute Gasteiger partial charge is 0.321 e. The quantitative estimate of drug-likeness (QED) is 0.571. The third kappa shape index (κ3) is 6.98. The molecule has 9 nitrogen and oxygen atoms in total. The molecule has 2 rings (SSSR count). The predicted molar refractivity (Wildman–Crippen MR) is 109 cm³/mol. The Morgan fingerprint density at radius 3 is 2.31 bits per heavy atom. The van der Waals surface area contributed by atoms with Crippen LogP contribution in [-0.2, 0) is 14.8 Å². The lowest BCUT2D eigenvalue weighted by Crippen LogP contribution is -2.52. The average molecular weight is 427 g/mol. The van der Waals surface area contributed by atoms with E-state index in [1.807, 2.05) is 18.7 Å². The summed E-state index contributed by atoms with van der Waals surface area (Å²) in [7, 11) is -3.59. The third-order valence-corrected chi connectivity index (χ3v) is 6.45. The molecule has 2 N–H and O–H groups in total. The number of hydrogen-bond donors (Lipinski definition) is 2. The first-order valence-corrected chi connectivity index (χ1v) is 11.3. The van der Waals surface area contributed by atoms with Crippen LogP contribution in [0.1, 0.15) is 26.7 Å². The van der Waals surface area contributed by atoms with Gasteiger partial charge in [-0.3, -0.25) is 15.0 Å². The van der Waals surface area contributed by atoms with Crippen LogP contribution in [0.2, 0.25) is 0 Å². The molecule has 29 heavy (non-hydrogen) atoms. The van der Waals surface area contributed by atoms with Crippen molar-refractivity contribution in [2.24, 2.45) is 0 Å². The number of nitrogens with zero attached hydrogens (tertiary/aromatic N) is 2. The van der Waals surface area contributed by atoms with Crippen LogP contribution in [-0.4, -0.2) is 75.4 Å². The summed E-state index contributed by atoms with van der Waals surface area (Å²) < 4.78 is 32.3. The maximum Gasteiger partial charge on any atom is 0.321 e. The zero-order chi connectivity index (χ0) is 21.3. The van der Waals surface area contributed by atoms with E-state index in [-0.39, 0.29) is 24.5 Å². The van der Waals surface area contributed by atoms with Gasteiger partial charge in [-0.05, 0) is 37.6 Å². The van der Waals surface area contributed by atoms with E-state index in [0.717, 1.165) is 12.8 Å². The summed E-state index contributed by atoms with van der Waals surface area (Å²) in [4.78, 5) is 25.7. The van der Waals surface area contributed by atoms with E-state index in [2.05, 4.69) is 10.6 Å². The molecule has 1 saturated heterocycles. The molecule has 1 aliphatic rings. The number of amides is 3. The molecule has 0 saturated carbocycles. The molecule has 0 unspecified atom stereocenters. The number of ether oxygens (including phenoxy) is 1. The first-order valence-electron chi connectivity index (χ1n) is 9.89. The van der Waals surface area contributed by atoms with Crippen molar-refractivity contribution in [1.82, 2.24) is 19.8 Å². The lowest BCUT2D eigenvalue weighted by Gasteiger charge is -2.33. The molecule has 0 radical (unpaired) electrons. The maximum absolute atomic E-state index is 12.8. The van der Waals surface area contributed by atoms with Gasteiger partial charge >= 0.3 is 6.03 Å². The lowest BCUT2D eigenvalue weighted by atomic mass is 10.3. The van der Waals surface area contributed by atoms with Gasteiger partial charge in [0.05, 0.1) is 18.0 Å². The van der Waals surface area contributed by atoms with Gasteiger partial charge in [0.15, 0.2) is 0 Å². The van der Waals surface area contributed by atoms with Gasteiger partial charge in [0.25, 0.3) is 0 Å². The number of piperazine rings is 1. The Kier molecular flexibility index (Phi) is 8.87. The Balaban J connectivity index is 1.81. The molecule has 1 fully saturated rings. The van der Waals surface area contributed by atoms with E-state index in [0.29, 0.717) is 32.0 Å². The largest absolute Gasteiger partial charge is 0.494 e. The van der Waals surface area contributed by atoms with E-state index in [1.165, 1.54) is 16.4 Å². The van der Waals surface area contributed by atoms with E-state index in [1.54, 1.807) is 12.1 Å². The van der Waals surface area contributed by atoms with Crippen LogP contribution in [0.5, 0.6) is 5.75 Å². The summed E-state index contributed by atoms with van der Waals surface area (Å²) in [5.41, 5.74) is 0. The monoisotopic (exact) mass is 426 g/mol. The standard InChI is InChI=1S/C19H30N4O5S/c1-3-5-10-20-19(25)21-18(24)15-22-11-13-23(14-12-22)29(26,27)17-8-6-16(7-9-17)28-4-2/h6-9H,3-5,10-15H2,1-2H3,(H2,20,21,24,25). The van der Waals surface area contributed by atoms with Crippen LogP contribution < -0.4 is 15.4 Å². The number of carbonyl (C=O) groups is 2. The Morgan fingerprint density at radius 1 is 1.07 bits per heavy atom. The molecule has 10 heteroatoms. The molecule has 1 aliphatic heterocycles. The fourth-order valence-corrected chi connectivity index (χ4v) is 4.37. The van der Waals surface area contributed by atoms with Gasteiger partial charge in [-0.25, -0.2) is 13.2 Å². The van der Waals surface area contributed by atoms with E-state index >= 15 is 0 Å². The predicted octanol–water partition coefficient (Wildman–Crippen LogP) is 1.02. The van der Waals surface area contributed by atoms with Gasteiger partial charge in [0, 0.05) is 32.7 Å². The number of benzene rings is 1. The van der Waals surface area contributed by atoms with Gasteiger partial charge in [-0.15, -0.1) is 0 Å². The minimum atomic E-state index is -3.59. The Hall–Kier alpha value is -2.17. The zero-order valence-electron chi connectivity index (χ0n) is 17.0. The van der Waals surface area contributed by atoms with Crippen molar-refractivity contribution in [3.63, 3.8) is 0 Å². The van der Waals surface area contributed by atoms with Crippen LogP contribution in [0, 0.1) is 0 Å². The second-order valence-electron chi connectivity index (χ2n) is 6.74. The molecule has 1 heterocycles. The number of carbonyl (C=O) groups excluding carboxylic acids is 2. The second-order valence-corrected chi connectivity index (χ2v) is 8.68. The van der Waals surface area contributed by atoms with E-state index in [4.69, 9.17) is 4.74 Å². The molecule has 1 aromatic rings. The fourth-order valence-electron chi connectivity index (χ4n) is 2.94. The highest BCUT2D eigenvalue weighted by atomic mass is 32.2. The summed E-state index contributed by atoms with van der Waals surface area (Å²) in [6, 6.07) is 5.86. The maximum atomic E-state index is 12.8. The van der Waals surface area contributed by atoms with Crippen molar-refractivity contribution in [3.8, 4) is 5.75 Å². The first-order chi connectivity index (χ1) is 13.9. The van der Waals surface area contributed by atoms with E-state index in [9.17, 15) is 18.0 Å². The van der Waals surface area contributed by atoms with Crippen LogP contribution in [0.15, 0.2) is 29.2 Å². The SMILES string of the molecule is CCCCNC(=O)NC(=O)CN1CCN(S(=O)(=O)c2ccc(OCC)cc2)CC1. The summed E-state index contributed by atoms with van der Waals surface area (Å²) in [5.74, 6) is 0.225. The highest BCUT2D eigenvalue weighted by molar-refractivity contribution is 7.89. The molecule has 0 bridgehead atoms. The normalized spacial score (nSPS) is 15.7. The molecular formula is C19H30N4O5S. The van der Waals surface area contributed by atoms with Gasteiger partial charge in [-0.1, -0.05) is 13.3 Å². The van der Waals surface area contributed by atoms with Crippen molar-refractivity contribution in [2.75, 3.05) is 45.9 Å². The highest BCUT2D eigenvalue weighted by Gasteiger charge is 2.29. The topological polar surface area (TPSA) is 108 Å². The number of nitrogens with one attached hydrogen (secondary N) is 2.